The fourth-order valence-corrected chi connectivity index (χ4v) is 2.07. The Morgan fingerprint density at radius 2 is 2.31 bits per heavy atom. The molecule has 84 valence electrons. The van der Waals surface area contributed by atoms with Crippen LogP contribution in [0.15, 0.2) is 16.9 Å². The van der Waals surface area contributed by atoms with Gasteiger partial charge in [-0.1, -0.05) is 0 Å². The van der Waals surface area contributed by atoms with Crippen LogP contribution in [0, 0.1) is 6.92 Å². The molecule has 5 nitrogen and oxygen atoms in total. The molecule has 0 amide bonds. The Bertz CT molecular complexity index is 577. The number of nitrogens with two attached hydrogens (primary N) is 1. The molecule has 16 heavy (non-hydrogen) atoms. The molecular weight excluding hydrogens is 274 g/mol. The van der Waals surface area contributed by atoms with Gasteiger partial charge in [0.15, 0.2) is 0 Å². The molecule has 2 aromatic heterocycles. The molecule has 2 aromatic rings. The molecule has 0 radical (unpaired) electrons. The van der Waals surface area contributed by atoms with Crippen molar-refractivity contribution in [2.24, 2.45) is 0 Å². The Kier molecular flexibility index (Phi) is 2.59. The number of carbonyl (C=O) groups excluding carboxylic acids is 1. The van der Waals surface area contributed by atoms with E-state index in [0.717, 1.165) is 10.0 Å². The second-order valence-corrected chi connectivity index (χ2v) is 4.21. The Morgan fingerprint density at radius 3 is 2.94 bits per heavy atom. The highest BCUT2D eigenvalue weighted by molar-refractivity contribution is 9.10. The van der Waals surface area contributed by atoms with Crippen molar-refractivity contribution in [3.05, 3.63) is 28.0 Å². The minimum absolute atomic E-state index is 0.416. The van der Waals surface area contributed by atoms with Gasteiger partial charge in [0, 0.05) is 6.20 Å². The molecule has 0 aromatic carbocycles. The monoisotopic (exact) mass is 283 g/mol. The van der Waals surface area contributed by atoms with Crippen LogP contribution in [0.4, 0.5) is 5.69 Å². The van der Waals surface area contributed by atoms with Crippen molar-refractivity contribution >= 4 is 33.1 Å². The van der Waals surface area contributed by atoms with E-state index >= 15 is 0 Å². The zero-order chi connectivity index (χ0) is 11.9. The molecule has 0 atom stereocenters. The molecular formula is C10H10BrN3O2. The molecule has 0 fully saturated rings. The lowest BCUT2D eigenvalue weighted by Crippen LogP contribution is -2.03. The van der Waals surface area contributed by atoms with E-state index in [1.54, 1.807) is 10.7 Å². The minimum atomic E-state index is -0.417. The normalized spacial score (nSPS) is 10.7. The predicted octanol–water partition coefficient (Wildman–Crippen LogP) is 1.77. The number of aryl methyl sites for hydroxylation is 1. The topological polar surface area (TPSA) is 69.6 Å². The average molecular weight is 284 g/mol. The van der Waals surface area contributed by atoms with Gasteiger partial charge in [-0.05, 0) is 28.4 Å². The standard InChI is InChI=1S/C10H10BrN3O2/c1-5-8(12)7(11)4-14-9(5)6(3-13-14)10(15)16-2/h3-4H,12H2,1-2H3. The van der Waals surface area contributed by atoms with E-state index in [-0.39, 0.29) is 0 Å². The van der Waals surface area contributed by atoms with Crippen LogP contribution < -0.4 is 5.73 Å². The number of pyridine rings is 1. The first kappa shape index (κ1) is 10.9. The fraction of sp³-hybridized carbons (Fsp3) is 0.200. The summed E-state index contributed by atoms with van der Waals surface area (Å²) >= 11 is 3.33. The van der Waals surface area contributed by atoms with Crippen molar-refractivity contribution in [1.29, 1.82) is 0 Å². The van der Waals surface area contributed by atoms with E-state index in [0.29, 0.717) is 16.8 Å². The number of fused-ring (bicyclic) bond motifs is 1. The van der Waals surface area contributed by atoms with Crippen LogP contribution in [-0.2, 0) is 4.74 Å². The van der Waals surface area contributed by atoms with E-state index in [2.05, 4.69) is 25.8 Å². The molecule has 0 bridgehead atoms. The molecule has 0 unspecified atom stereocenters. The summed E-state index contributed by atoms with van der Waals surface area (Å²) in [5.74, 6) is -0.417. The summed E-state index contributed by atoms with van der Waals surface area (Å²) in [6.45, 7) is 1.84. The first-order valence-electron chi connectivity index (χ1n) is 4.56. The summed E-state index contributed by atoms with van der Waals surface area (Å²) < 4.78 is 7.03. The maximum Gasteiger partial charge on any atom is 0.341 e. The third-order valence-electron chi connectivity index (χ3n) is 2.45. The van der Waals surface area contributed by atoms with Crippen molar-refractivity contribution in [1.82, 2.24) is 9.61 Å². The van der Waals surface area contributed by atoms with Gasteiger partial charge in [0.25, 0.3) is 0 Å². The number of hydrogen-bond acceptors (Lipinski definition) is 4. The first-order chi connectivity index (χ1) is 7.56. The molecule has 2 rings (SSSR count). The highest BCUT2D eigenvalue weighted by atomic mass is 79.9. The van der Waals surface area contributed by atoms with Crippen molar-refractivity contribution in [2.45, 2.75) is 6.92 Å². The third-order valence-corrected chi connectivity index (χ3v) is 3.08. The van der Waals surface area contributed by atoms with E-state index in [1.165, 1.54) is 13.3 Å². The molecule has 0 saturated carbocycles. The maximum atomic E-state index is 11.5. The van der Waals surface area contributed by atoms with Crippen LogP contribution >= 0.6 is 15.9 Å². The number of hydrogen-bond donors (Lipinski definition) is 1. The van der Waals surface area contributed by atoms with Gasteiger partial charge in [0.2, 0.25) is 0 Å². The maximum absolute atomic E-state index is 11.5. The van der Waals surface area contributed by atoms with E-state index < -0.39 is 5.97 Å². The fourth-order valence-electron chi connectivity index (χ4n) is 1.58. The van der Waals surface area contributed by atoms with Crippen LogP contribution in [0.3, 0.4) is 0 Å². The number of rotatable bonds is 1. The lowest BCUT2D eigenvalue weighted by atomic mass is 10.1. The van der Waals surface area contributed by atoms with Crippen LogP contribution in [0.5, 0.6) is 0 Å². The van der Waals surface area contributed by atoms with Gasteiger partial charge in [-0.15, -0.1) is 0 Å². The van der Waals surface area contributed by atoms with Gasteiger partial charge in [-0.2, -0.15) is 5.10 Å². The van der Waals surface area contributed by atoms with E-state index in [4.69, 9.17) is 5.73 Å². The number of halogens is 1. The highest BCUT2D eigenvalue weighted by Gasteiger charge is 2.17. The largest absolute Gasteiger partial charge is 0.465 e. The Hall–Kier alpha value is -1.56. The van der Waals surface area contributed by atoms with Gasteiger partial charge in [-0.3, -0.25) is 0 Å². The summed E-state index contributed by atoms with van der Waals surface area (Å²) in [5, 5.41) is 4.08. The number of esters is 1. The van der Waals surface area contributed by atoms with Gasteiger partial charge in [0.1, 0.15) is 5.56 Å². The molecule has 0 saturated heterocycles. The SMILES string of the molecule is COC(=O)c1cnn2cc(Br)c(N)c(C)c12. The molecule has 0 spiro atoms. The van der Waals surface area contributed by atoms with Gasteiger partial charge in [0.05, 0.1) is 29.0 Å². The second kappa shape index (κ2) is 3.79. The molecule has 0 aliphatic heterocycles. The number of aromatic nitrogens is 2. The lowest BCUT2D eigenvalue weighted by molar-refractivity contribution is 0.0603. The number of carbonyl (C=O) groups is 1. The Morgan fingerprint density at radius 1 is 1.62 bits per heavy atom. The van der Waals surface area contributed by atoms with Crippen LogP contribution in [-0.4, -0.2) is 22.7 Å². The Balaban J connectivity index is 2.81. The van der Waals surface area contributed by atoms with Crippen LogP contribution in [0.2, 0.25) is 0 Å². The van der Waals surface area contributed by atoms with Gasteiger partial charge >= 0.3 is 5.97 Å². The average Bonchev–Trinajstić information content (AvgIpc) is 2.68. The molecule has 0 aliphatic rings. The van der Waals surface area contributed by atoms with Crippen molar-refractivity contribution in [2.75, 3.05) is 12.8 Å². The predicted molar refractivity (Wildman–Crippen MR) is 63.4 cm³/mol. The summed E-state index contributed by atoms with van der Waals surface area (Å²) in [5.41, 5.74) is 8.36. The number of nitrogen functional groups attached to an aromatic ring is 1. The zero-order valence-electron chi connectivity index (χ0n) is 8.82. The summed E-state index contributed by atoms with van der Waals surface area (Å²) in [6.07, 6.45) is 3.18. The summed E-state index contributed by atoms with van der Waals surface area (Å²) in [7, 11) is 1.34. The quantitative estimate of drug-likeness (QED) is 0.810. The third kappa shape index (κ3) is 1.46. The molecule has 2 heterocycles. The van der Waals surface area contributed by atoms with Crippen molar-refractivity contribution in [3.63, 3.8) is 0 Å². The lowest BCUT2D eigenvalue weighted by Gasteiger charge is -2.06. The van der Waals surface area contributed by atoms with Crippen LogP contribution in [0.25, 0.3) is 5.52 Å². The zero-order valence-corrected chi connectivity index (χ0v) is 10.4. The molecule has 2 N–H and O–H groups in total. The summed E-state index contributed by atoms with van der Waals surface area (Å²) in [6, 6.07) is 0. The van der Waals surface area contributed by atoms with Gasteiger partial charge in [-0.25, -0.2) is 9.31 Å². The molecule has 0 aliphatic carbocycles. The number of methoxy groups -OCH3 is 1. The smallest absolute Gasteiger partial charge is 0.341 e. The summed E-state index contributed by atoms with van der Waals surface area (Å²) in [4.78, 5) is 11.5. The Labute approximate surface area is 100 Å². The molecule has 6 heteroatoms. The first-order valence-corrected chi connectivity index (χ1v) is 5.35. The number of nitrogens with zero attached hydrogens (tertiary/aromatic N) is 2. The van der Waals surface area contributed by atoms with Crippen molar-refractivity contribution < 1.29 is 9.53 Å². The van der Waals surface area contributed by atoms with E-state index in [9.17, 15) is 4.79 Å². The number of anilines is 1. The minimum Gasteiger partial charge on any atom is -0.465 e. The second-order valence-electron chi connectivity index (χ2n) is 3.36. The number of ether oxygens (including phenoxy) is 1. The van der Waals surface area contributed by atoms with Gasteiger partial charge < -0.3 is 10.5 Å². The van der Waals surface area contributed by atoms with E-state index in [1.807, 2.05) is 6.92 Å². The van der Waals surface area contributed by atoms with Crippen molar-refractivity contribution in [3.8, 4) is 0 Å². The highest BCUT2D eigenvalue weighted by Crippen LogP contribution is 2.28. The van der Waals surface area contributed by atoms with Crippen LogP contribution in [0.1, 0.15) is 15.9 Å².